The maximum atomic E-state index is 13.9. The van der Waals surface area contributed by atoms with Gasteiger partial charge in [0.15, 0.2) is 10.9 Å². The van der Waals surface area contributed by atoms with Gasteiger partial charge in [0, 0.05) is 13.5 Å². The third-order valence-electron chi connectivity index (χ3n) is 7.54. The van der Waals surface area contributed by atoms with Crippen LogP contribution in [0.4, 0.5) is 10.9 Å². The molecule has 2 heterocycles. The molecule has 0 spiro atoms. The second-order valence-corrected chi connectivity index (χ2v) is 11.3. The number of benzene rings is 1. The number of likely N-dealkylation sites (N-methyl/N-ethyl adjacent to an activating group) is 1. The highest BCUT2D eigenvalue weighted by Crippen LogP contribution is 2.37. The summed E-state index contributed by atoms with van der Waals surface area (Å²) in [4.78, 5) is 58.8. The molecule has 1 aliphatic heterocycles. The highest BCUT2D eigenvalue weighted by molar-refractivity contribution is 7.19. The Kier molecular flexibility index (Phi) is 9.68. The van der Waals surface area contributed by atoms with Crippen LogP contribution in [0, 0.1) is 5.92 Å². The molecular weight excluding hydrogens is 516 g/mol. The molecule has 1 saturated heterocycles. The van der Waals surface area contributed by atoms with Crippen molar-refractivity contribution in [1.29, 1.82) is 0 Å². The topological polar surface area (TPSA) is 133 Å². The van der Waals surface area contributed by atoms with Gasteiger partial charge < -0.3 is 26.2 Å². The fourth-order valence-corrected chi connectivity index (χ4v) is 6.31. The normalized spacial score (nSPS) is 19.3. The van der Waals surface area contributed by atoms with Crippen molar-refractivity contribution in [2.75, 3.05) is 24.2 Å². The smallest absolute Gasteiger partial charge is 0.248 e. The Labute approximate surface area is 233 Å². The van der Waals surface area contributed by atoms with Crippen LogP contribution in [0.3, 0.4) is 0 Å². The molecule has 1 saturated carbocycles. The van der Waals surface area contributed by atoms with Crippen molar-refractivity contribution in [2.24, 2.45) is 5.92 Å². The van der Waals surface area contributed by atoms with E-state index in [0.29, 0.717) is 30.3 Å². The largest absolute Gasteiger partial charge is 0.343 e. The van der Waals surface area contributed by atoms with Crippen LogP contribution in [0.15, 0.2) is 30.3 Å². The number of hydrogen-bond donors (Lipinski definition) is 4. The van der Waals surface area contributed by atoms with E-state index in [4.69, 9.17) is 0 Å². The first kappa shape index (κ1) is 28.7. The van der Waals surface area contributed by atoms with Gasteiger partial charge in [-0.05, 0) is 51.1 Å². The number of amides is 4. The third kappa shape index (κ3) is 7.02. The molecule has 39 heavy (non-hydrogen) atoms. The molecule has 0 radical (unpaired) electrons. The summed E-state index contributed by atoms with van der Waals surface area (Å²) in [5.74, 6) is -0.600. The predicted molar refractivity (Wildman–Crippen MR) is 152 cm³/mol. The van der Waals surface area contributed by atoms with Crippen LogP contribution in [-0.4, -0.2) is 65.2 Å². The molecule has 2 aliphatic rings. The average molecular weight is 555 g/mol. The quantitative estimate of drug-likeness (QED) is 0.376. The molecule has 11 heteroatoms. The Morgan fingerprint density at radius 2 is 1.72 bits per heavy atom. The third-order valence-corrected chi connectivity index (χ3v) is 8.56. The molecule has 1 aliphatic carbocycles. The summed E-state index contributed by atoms with van der Waals surface area (Å²) in [5, 5.41) is 11.9. The summed E-state index contributed by atoms with van der Waals surface area (Å²) in [6.07, 6.45) is 6.16. The van der Waals surface area contributed by atoms with Gasteiger partial charge in [-0.3, -0.25) is 19.2 Å². The number of anilines is 2. The number of carbonyl (C=O) groups excluding carboxylic acids is 4. The van der Waals surface area contributed by atoms with E-state index in [9.17, 15) is 19.2 Å². The van der Waals surface area contributed by atoms with Gasteiger partial charge >= 0.3 is 0 Å². The summed E-state index contributed by atoms with van der Waals surface area (Å²) in [6, 6.07) is 7.75. The lowest BCUT2D eigenvalue weighted by molar-refractivity contribution is -0.142. The van der Waals surface area contributed by atoms with Crippen LogP contribution in [0.1, 0.15) is 58.8 Å². The van der Waals surface area contributed by atoms with E-state index in [1.165, 1.54) is 18.3 Å². The number of thiazole rings is 1. The first-order valence-corrected chi connectivity index (χ1v) is 14.5. The molecule has 10 nitrogen and oxygen atoms in total. The minimum Gasteiger partial charge on any atom is -0.343 e. The van der Waals surface area contributed by atoms with E-state index in [1.54, 1.807) is 18.9 Å². The summed E-state index contributed by atoms with van der Waals surface area (Å²) in [5.41, 5.74) is 0.861. The zero-order chi connectivity index (χ0) is 27.9. The number of carbonyl (C=O) groups is 4. The number of likely N-dealkylation sites (tertiary alicyclic amines) is 1. The predicted octanol–water partition coefficient (Wildman–Crippen LogP) is 3.37. The average Bonchev–Trinajstić information content (AvgIpc) is 3.59. The number of aromatic nitrogens is 1. The van der Waals surface area contributed by atoms with Crippen LogP contribution in [0.25, 0.3) is 10.4 Å². The van der Waals surface area contributed by atoms with Crippen LogP contribution < -0.4 is 21.3 Å². The van der Waals surface area contributed by atoms with E-state index in [2.05, 4.69) is 26.3 Å². The zero-order valence-corrected chi connectivity index (χ0v) is 23.6. The van der Waals surface area contributed by atoms with E-state index < -0.39 is 18.1 Å². The summed E-state index contributed by atoms with van der Waals surface area (Å²) in [6.45, 7) is 3.62. The molecule has 0 bridgehead atoms. The standard InChI is InChI=1S/C28H38N6O4S/c1-17(29-3)25(36)31-22(19-11-6-4-7-12-19)27(38)34-16-10-15-21(34)26(37)32-24-23(20-13-8-5-9-14-20)39-28(33-24)30-18(2)35/h5,8-9,13-14,17,19,21-22,29H,4,6-7,10-12,15-16H2,1-3H3,(H,31,36)(H,32,37)(H,30,33,35)/t17-,21-,22-/m0/s1. The fraction of sp³-hybridized carbons (Fsp3) is 0.536. The number of nitrogens with one attached hydrogen (secondary N) is 4. The SMILES string of the molecule is CN[C@@H](C)C(=O)N[C@H](C(=O)N1CCC[C@H]1C(=O)Nc1nc(NC(C)=O)sc1-c1ccccc1)C1CCCCC1. The van der Waals surface area contributed by atoms with Gasteiger partial charge in [0.2, 0.25) is 23.6 Å². The minimum absolute atomic E-state index is 0.0482. The Hall–Kier alpha value is -3.31. The van der Waals surface area contributed by atoms with Gasteiger partial charge in [-0.25, -0.2) is 4.98 Å². The van der Waals surface area contributed by atoms with Crippen molar-refractivity contribution < 1.29 is 19.2 Å². The lowest BCUT2D eigenvalue weighted by Gasteiger charge is -2.35. The van der Waals surface area contributed by atoms with E-state index in [1.807, 2.05) is 30.3 Å². The van der Waals surface area contributed by atoms with Crippen molar-refractivity contribution in [2.45, 2.75) is 76.9 Å². The second kappa shape index (κ2) is 13.2. The number of hydrogen-bond acceptors (Lipinski definition) is 7. The molecule has 2 fully saturated rings. The molecule has 210 valence electrons. The Morgan fingerprint density at radius 3 is 2.38 bits per heavy atom. The highest BCUT2D eigenvalue weighted by atomic mass is 32.1. The second-order valence-electron chi connectivity index (χ2n) is 10.3. The summed E-state index contributed by atoms with van der Waals surface area (Å²) < 4.78 is 0. The van der Waals surface area contributed by atoms with Crippen molar-refractivity contribution in [3.05, 3.63) is 30.3 Å². The molecule has 1 aromatic heterocycles. The maximum absolute atomic E-state index is 13.9. The molecule has 3 atom stereocenters. The van der Waals surface area contributed by atoms with Gasteiger partial charge in [-0.15, -0.1) is 0 Å². The molecule has 4 rings (SSSR count). The van der Waals surface area contributed by atoms with Gasteiger partial charge in [0.05, 0.1) is 10.9 Å². The lowest BCUT2D eigenvalue weighted by Crippen LogP contribution is -2.57. The van der Waals surface area contributed by atoms with E-state index >= 15 is 0 Å². The number of nitrogens with zero attached hydrogens (tertiary/aromatic N) is 2. The van der Waals surface area contributed by atoms with Crippen molar-refractivity contribution in [3.63, 3.8) is 0 Å². The van der Waals surface area contributed by atoms with Gasteiger partial charge in [-0.1, -0.05) is 60.9 Å². The highest BCUT2D eigenvalue weighted by Gasteiger charge is 2.41. The Balaban J connectivity index is 1.55. The Bertz CT molecular complexity index is 1180. The lowest BCUT2D eigenvalue weighted by atomic mass is 9.83. The zero-order valence-electron chi connectivity index (χ0n) is 22.8. The van der Waals surface area contributed by atoms with Crippen molar-refractivity contribution in [3.8, 4) is 10.4 Å². The molecular formula is C28H38N6O4S. The van der Waals surface area contributed by atoms with Crippen LogP contribution >= 0.6 is 11.3 Å². The van der Waals surface area contributed by atoms with Crippen molar-refractivity contribution >= 4 is 45.9 Å². The van der Waals surface area contributed by atoms with Gasteiger partial charge in [0.25, 0.3) is 0 Å². The first-order valence-electron chi connectivity index (χ1n) is 13.7. The van der Waals surface area contributed by atoms with Crippen LogP contribution in [-0.2, 0) is 19.2 Å². The monoisotopic (exact) mass is 554 g/mol. The minimum atomic E-state index is -0.670. The summed E-state index contributed by atoms with van der Waals surface area (Å²) >= 11 is 1.28. The summed E-state index contributed by atoms with van der Waals surface area (Å²) in [7, 11) is 1.71. The molecule has 4 amide bonds. The van der Waals surface area contributed by atoms with E-state index in [-0.39, 0.29) is 29.5 Å². The molecule has 2 aromatic rings. The maximum Gasteiger partial charge on any atom is 0.248 e. The Morgan fingerprint density at radius 1 is 1.00 bits per heavy atom. The number of rotatable bonds is 9. The molecule has 4 N–H and O–H groups in total. The van der Waals surface area contributed by atoms with Gasteiger partial charge in [-0.2, -0.15) is 0 Å². The van der Waals surface area contributed by atoms with Gasteiger partial charge in [0.1, 0.15) is 12.1 Å². The van der Waals surface area contributed by atoms with Crippen LogP contribution in [0.2, 0.25) is 0 Å². The molecule has 1 aromatic carbocycles. The fourth-order valence-electron chi connectivity index (χ4n) is 5.33. The molecule has 0 unspecified atom stereocenters. The first-order chi connectivity index (χ1) is 18.8. The van der Waals surface area contributed by atoms with Crippen molar-refractivity contribution in [1.82, 2.24) is 20.5 Å². The van der Waals surface area contributed by atoms with E-state index in [0.717, 1.165) is 42.5 Å². The van der Waals surface area contributed by atoms with Crippen LogP contribution in [0.5, 0.6) is 0 Å².